The second-order valence-electron chi connectivity index (χ2n) is 8.15. The standard InChI is InChI=1S/C14H34O2Si2/c1-12(10-11-13(15)17(5,6)7)16-18(8,9)14(2,3)4/h12-13,15H,10-11H2,1-9H3. The molecule has 0 amide bonds. The van der Waals surface area contributed by atoms with E-state index in [0.717, 1.165) is 12.8 Å². The first kappa shape index (κ1) is 18.4. The zero-order valence-electron chi connectivity index (χ0n) is 13.9. The molecule has 0 aromatic rings. The molecule has 2 unspecified atom stereocenters. The summed E-state index contributed by atoms with van der Waals surface area (Å²) in [6, 6.07) is 0. The third-order valence-corrected chi connectivity index (χ3v) is 11.0. The van der Waals surface area contributed by atoms with Crippen molar-refractivity contribution in [3.8, 4) is 0 Å². The third-order valence-electron chi connectivity index (χ3n) is 4.15. The zero-order valence-corrected chi connectivity index (χ0v) is 15.9. The highest BCUT2D eigenvalue weighted by atomic mass is 28.4. The molecule has 0 saturated carbocycles. The number of hydrogen-bond donors (Lipinski definition) is 1. The van der Waals surface area contributed by atoms with Gasteiger partial charge in [0.15, 0.2) is 8.32 Å². The van der Waals surface area contributed by atoms with Crippen LogP contribution in [0, 0.1) is 0 Å². The third kappa shape index (κ3) is 6.00. The average molecular weight is 291 g/mol. The van der Waals surface area contributed by atoms with E-state index < -0.39 is 16.4 Å². The molecular formula is C14H34O2Si2. The molecule has 2 atom stereocenters. The van der Waals surface area contributed by atoms with Crippen molar-refractivity contribution in [2.24, 2.45) is 0 Å². The van der Waals surface area contributed by atoms with E-state index >= 15 is 0 Å². The van der Waals surface area contributed by atoms with Crippen molar-refractivity contribution in [1.82, 2.24) is 0 Å². The van der Waals surface area contributed by atoms with Crippen LogP contribution in [0.2, 0.25) is 37.8 Å². The Labute approximate surface area is 116 Å². The summed E-state index contributed by atoms with van der Waals surface area (Å²) in [5.41, 5.74) is -0.108. The minimum atomic E-state index is -1.66. The lowest BCUT2D eigenvalue weighted by atomic mass is 10.2. The predicted molar refractivity (Wildman–Crippen MR) is 86.3 cm³/mol. The van der Waals surface area contributed by atoms with E-state index in [0.29, 0.717) is 0 Å². The van der Waals surface area contributed by atoms with Gasteiger partial charge in [0.2, 0.25) is 0 Å². The molecule has 110 valence electrons. The van der Waals surface area contributed by atoms with E-state index in [9.17, 15) is 5.11 Å². The zero-order chi connectivity index (χ0) is 14.8. The molecule has 0 rings (SSSR count). The molecule has 4 heteroatoms. The summed E-state index contributed by atoms with van der Waals surface area (Å²) in [7, 11) is -3.07. The van der Waals surface area contributed by atoms with Crippen molar-refractivity contribution in [2.75, 3.05) is 0 Å². The maximum atomic E-state index is 10.1. The number of hydrogen-bond acceptors (Lipinski definition) is 2. The predicted octanol–water partition coefficient (Wildman–Crippen LogP) is 4.42. The van der Waals surface area contributed by atoms with E-state index in [2.05, 4.69) is 60.4 Å². The Kier molecular flexibility index (Phi) is 6.32. The molecule has 18 heavy (non-hydrogen) atoms. The maximum Gasteiger partial charge on any atom is 0.192 e. The van der Waals surface area contributed by atoms with Crippen LogP contribution in [0.3, 0.4) is 0 Å². The Hall–Kier alpha value is 0.354. The Balaban J connectivity index is 4.26. The fourth-order valence-electron chi connectivity index (χ4n) is 1.56. The van der Waals surface area contributed by atoms with Crippen LogP contribution in [-0.4, -0.2) is 33.3 Å². The molecule has 0 aliphatic heterocycles. The molecule has 2 nitrogen and oxygen atoms in total. The topological polar surface area (TPSA) is 29.5 Å². The van der Waals surface area contributed by atoms with Crippen molar-refractivity contribution in [3.05, 3.63) is 0 Å². The lowest BCUT2D eigenvalue weighted by molar-refractivity contribution is 0.158. The van der Waals surface area contributed by atoms with Crippen LogP contribution < -0.4 is 0 Å². The van der Waals surface area contributed by atoms with Gasteiger partial charge in [0, 0.05) is 11.8 Å². The van der Waals surface area contributed by atoms with Crippen molar-refractivity contribution < 1.29 is 9.53 Å². The quantitative estimate of drug-likeness (QED) is 0.734. The lowest BCUT2D eigenvalue weighted by Gasteiger charge is -2.38. The molecule has 0 fully saturated rings. The Morgan fingerprint density at radius 2 is 1.44 bits per heavy atom. The fourth-order valence-corrected chi connectivity index (χ4v) is 4.07. The van der Waals surface area contributed by atoms with Crippen LogP contribution in [0.1, 0.15) is 40.5 Å². The Bertz CT molecular complexity index is 252. The van der Waals surface area contributed by atoms with Gasteiger partial charge in [0.25, 0.3) is 0 Å². The average Bonchev–Trinajstić information content (AvgIpc) is 2.09. The van der Waals surface area contributed by atoms with Crippen molar-refractivity contribution in [3.63, 3.8) is 0 Å². The molecule has 0 bridgehead atoms. The van der Waals surface area contributed by atoms with Gasteiger partial charge >= 0.3 is 0 Å². The van der Waals surface area contributed by atoms with Gasteiger partial charge < -0.3 is 9.53 Å². The van der Waals surface area contributed by atoms with Crippen LogP contribution in [0.25, 0.3) is 0 Å². The van der Waals surface area contributed by atoms with Crippen LogP contribution in [0.4, 0.5) is 0 Å². The van der Waals surface area contributed by atoms with Crippen LogP contribution in [0.15, 0.2) is 0 Å². The van der Waals surface area contributed by atoms with E-state index in [4.69, 9.17) is 4.43 Å². The molecule has 0 aliphatic carbocycles. The fraction of sp³-hybridized carbons (Fsp3) is 1.00. The highest BCUT2D eigenvalue weighted by Crippen LogP contribution is 2.37. The summed E-state index contributed by atoms with van der Waals surface area (Å²) < 4.78 is 6.31. The number of aliphatic hydroxyl groups is 1. The molecule has 0 saturated heterocycles. The van der Waals surface area contributed by atoms with Gasteiger partial charge in [0.1, 0.15) is 0 Å². The first-order chi connectivity index (χ1) is 7.77. The van der Waals surface area contributed by atoms with Crippen LogP contribution in [-0.2, 0) is 4.43 Å². The van der Waals surface area contributed by atoms with Crippen molar-refractivity contribution in [1.29, 1.82) is 0 Å². The van der Waals surface area contributed by atoms with Crippen molar-refractivity contribution >= 4 is 16.4 Å². The summed E-state index contributed by atoms with van der Waals surface area (Å²) in [5.74, 6) is 0. The Morgan fingerprint density at radius 3 is 1.78 bits per heavy atom. The maximum absolute atomic E-state index is 10.1. The molecule has 0 aromatic carbocycles. The van der Waals surface area contributed by atoms with E-state index in [-0.39, 0.29) is 16.9 Å². The van der Waals surface area contributed by atoms with Gasteiger partial charge in [0.05, 0.1) is 8.07 Å². The second kappa shape index (κ2) is 6.20. The molecule has 0 aromatic heterocycles. The van der Waals surface area contributed by atoms with Gasteiger partial charge in [-0.25, -0.2) is 0 Å². The molecule has 0 radical (unpaired) electrons. The smallest absolute Gasteiger partial charge is 0.192 e. The summed E-state index contributed by atoms with van der Waals surface area (Å²) in [5, 5.41) is 10.4. The van der Waals surface area contributed by atoms with Gasteiger partial charge in [-0.2, -0.15) is 0 Å². The number of rotatable bonds is 6. The Morgan fingerprint density at radius 1 is 1.00 bits per heavy atom. The summed E-state index contributed by atoms with van der Waals surface area (Å²) in [4.78, 5) is 0. The normalized spacial score (nSPS) is 17.7. The van der Waals surface area contributed by atoms with Gasteiger partial charge in [-0.05, 0) is 37.9 Å². The van der Waals surface area contributed by atoms with Gasteiger partial charge in [-0.15, -0.1) is 0 Å². The summed E-state index contributed by atoms with van der Waals surface area (Å²) >= 11 is 0. The molecular weight excluding hydrogens is 256 g/mol. The first-order valence-corrected chi connectivity index (χ1v) is 13.6. The van der Waals surface area contributed by atoms with E-state index in [1.54, 1.807) is 0 Å². The highest BCUT2D eigenvalue weighted by molar-refractivity contribution is 6.77. The second-order valence-corrected chi connectivity index (χ2v) is 18.3. The van der Waals surface area contributed by atoms with Crippen LogP contribution >= 0.6 is 0 Å². The van der Waals surface area contributed by atoms with Gasteiger partial charge in [-0.1, -0.05) is 40.4 Å². The minimum absolute atomic E-state index is 0.108. The van der Waals surface area contributed by atoms with Crippen molar-refractivity contribution in [2.45, 2.75) is 90.1 Å². The summed E-state index contributed by atoms with van der Waals surface area (Å²) in [6.45, 7) is 20.2. The monoisotopic (exact) mass is 290 g/mol. The largest absolute Gasteiger partial charge is 0.414 e. The van der Waals surface area contributed by atoms with Gasteiger partial charge in [-0.3, -0.25) is 0 Å². The molecule has 0 heterocycles. The summed E-state index contributed by atoms with van der Waals surface area (Å²) in [6.07, 6.45) is 2.11. The minimum Gasteiger partial charge on any atom is -0.414 e. The van der Waals surface area contributed by atoms with E-state index in [1.807, 2.05) is 0 Å². The lowest BCUT2D eigenvalue weighted by Crippen LogP contribution is -2.44. The molecule has 0 aliphatic rings. The van der Waals surface area contributed by atoms with Crippen LogP contribution in [0.5, 0.6) is 0 Å². The molecule has 0 spiro atoms. The first-order valence-electron chi connectivity index (χ1n) is 7.13. The number of aliphatic hydroxyl groups excluding tert-OH is 1. The SMILES string of the molecule is CC(CCC(O)[Si](C)(C)C)O[Si](C)(C)C(C)(C)C. The molecule has 1 N–H and O–H groups in total. The van der Waals surface area contributed by atoms with E-state index in [1.165, 1.54) is 0 Å². The highest BCUT2D eigenvalue weighted by Gasteiger charge is 2.38.